The molecule has 56 valence electrons. The second-order valence-corrected chi connectivity index (χ2v) is 1.82. The lowest BCUT2D eigenvalue weighted by Crippen LogP contribution is -2.14. The first kappa shape index (κ1) is 11.9. The lowest BCUT2D eigenvalue weighted by molar-refractivity contribution is 0.420. The van der Waals surface area contributed by atoms with Crippen molar-refractivity contribution in [1.29, 1.82) is 0 Å². The molecule has 0 rings (SSSR count). The van der Waals surface area contributed by atoms with Crippen LogP contribution in [0.3, 0.4) is 0 Å². The highest BCUT2D eigenvalue weighted by Crippen LogP contribution is 1.88. The first-order valence-corrected chi connectivity index (χ1v) is 3.41. The molecule has 0 radical (unpaired) electrons. The minimum atomic E-state index is 0. The van der Waals surface area contributed by atoms with Crippen LogP contribution in [-0.4, -0.2) is 18.0 Å². The van der Waals surface area contributed by atoms with Crippen LogP contribution in [0, 0.1) is 0 Å². The highest BCUT2D eigenvalue weighted by molar-refractivity contribution is 7.83. The molecule has 1 nitrogen and oxygen atoms in total. The van der Waals surface area contributed by atoms with Crippen molar-refractivity contribution in [3.05, 3.63) is 11.6 Å². The number of thiol groups is 1. The molecule has 0 aliphatic rings. The Morgan fingerprint density at radius 3 is 1.89 bits per heavy atom. The zero-order valence-electron chi connectivity index (χ0n) is 5.87. The fourth-order valence-electron chi connectivity index (χ4n) is 0.529. The quantitative estimate of drug-likeness (QED) is 0.631. The summed E-state index contributed by atoms with van der Waals surface area (Å²) in [5.74, 6) is 0. The first-order chi connectivity index (χ1) is 3.85. The summed E-state index contributed by atoms with van der Waals surface area (Å²) in [7, 11) is 0. The molecule has 0 aliphatic carbocycles. The fourth-order valence-corrected chi connectivity index (χ4v) is 0.717. The highest BCUT2D eigenvalue weighted by Gasteiger charge is 1.85. The van der Waals surface area contributed by atoms with Crippen LogP contribution < -0.4 is 0 Å². The van der Waals surface area contributed by atoms with Crippen LogP contribution in [-0.2, 0) is 0 Å². The Hall–Kier alpha value is 0.180. The van der Waals surface area contributed by atoms with Gasteiger partial charge in [0.15, 0.2) is 0 Å². The Morgan fingerprint density at radius 1 is 1.33 bits per heavy atom. The van der Waals surface area contributed by atoms with Crippen molar-refractivity contribution in [1.82, 2.24) is 4.90 Å². The van der Waals surface area contributed by atoms with Crippen LogP contribution >= 0.6 is 25.0 Å². The van der Waals surface area contributed by atoms with Gasteiger partial charge in [-0.05, 0) is 19.3 Å². The molecule has 0 aliphatic heterocycles. The van der Waals surface area contributed by atoms with E-state index in [-0.39, 0.29) is 12.4 Å². The fraction of sp³-hybridized carbons (Fsp3) is 0.667. The van der Waals surface area contributed by atoms with Gasteiger partial charge in [0.2, 0.25) is 0 Å². The third kappa shape index (κ3) is 6.06. The van der Waals surface area contributed by atoms with Gasteiger partial charge in [0.05, 0.1) is 0 Å². The first-order valence-electron chi connectivity index (χ1n) is 2.90. The largest absolute Gasteiger partial charge is 0.378 e. The summed E-state index contributed by atoms with van der Waals surface area (Å²) in [4.78, 5) is 2.17. The smallest absolute Gasteiger partial charge is 0.0144 e. The molecule has 0 aromatic heterocycles. The van der Waals surface area contributed by atoms with E-state index in [2.05, 4.69) is 31.4 Å². The molecule has 0 bridgehead atoms. The second kappa shape index (κ2) is 8.18. The Kier molecular flexibility index (Phi) is 10.8. The van der Waals surface area contributed by atoms with E-state index in [0.29, 0.717) is 0 Å². The molecule has 0 saturated carbocycles. The normalized spacial score (nSPS) is 9.22. The third-order valence-corrected chi connectivity index (χ3v) is 1.22. The van der Waals surface area contributed by atoms with Crippen molar-refractivity contribution in [3.8, 4) is 0 Å². The van der Waals surface area contributed by atoms with Gasteiger partial charge in [-0.1, -0.05) is 0 Å². The maximum Gasteiger partial charge on any atom is 0.0144 e. The van der Waals surface area contributed by atoms with Gasteiger partial charge in [-0.15, -0.1) is 25.0 Å². The van der Waals surface area contributed by atoms with Crippen molar-refractivity contribution in [2.24, 2.45) is 0 Å². The topological polar surface area (TPSA) is 3.24 Å². The van der Waals surface area contributed by atoms with Gasteiger partial charge in [-0.25, -0.2) is 0 Å². The maximum absolute atomic E-state index is 3.95. The molecule has 0 fully saturated rings. The Balaban J connectivity index is 0. The molecule has 0 atom stereocenters. The van der Waals surface area contributed by atoms with Gasteiger partial charge in [0, 0.05) is 19.3 Å². The van der Waals surface area contributed by atoms with Crippen molar-refractivity contribution < 1.29 is 0 Å². The van der Waals surface area contributed by atoms with Gasteiger partial charge in [-0.2, -0.15) is 0 Å². The van der Waals surface area contributed by atoms with E-state index in [1.807, 2.05) is 6.20 Å². The predicted molar refractivity (Wildman–Crippen MR) is 48.3 cm³/mol. The summed E-state index contributed by atoms with van der Waals surface area (Å²) in [5.41, 5.74) is 0. The number of rotatable bonds is 3. The SMILES string of the molecule is CCN(C=CS)CC.Cl. The summed E-state index contributed by atoms with van der Waals surface area (Å²) in [6, 6.07) is 0. The van der Waals surface area contributed by atoms with E-state index in [1.54, 1.807) is 5.41 Å². The van der Waals surface area contributed by atoms with E-state index in [1.165, 1.54) is 0 Å². The van der Waals surface area contributed by atoms with Gasteiger partial charge in [0.25, 0.3) is 0 Å². The Bertz CT molecular complexity index is 71.5. The minimum Gasteiger partial charge on any atom is -0.378 e. The summed E-state index contributed by atoms with van der Waals surface area (Å²) in [6.07, 6.45) is 1.98. The zero-order valence-corrected chi connectivity index (χ0v) is 7.58. The lowest BCUT2D eigenvalue weighted by atomic mass is 10.5. The van der Waals surface area contributed by atoms with E-state index in [9.17, 15) is 0 Å². The molecule has 0 spiro atoms. The number of hydrogen-bond donors (Lipinski definition) is 1. The number of nitrogens with zero attached hydrogens (tertiary/aromatic N) is 1. The molecule has 0 saturated heterocycles. The molecule has 0 N–H and O–H groups in total. The van der Waals surface area contributed by atoms with Crippen LogP contribution in [0.25, 0.3) is 0 Å². The standard InChI is InChI=1S/C6H13NS.ClH/c1-3-7(4-2)5-6-8;/h5-6,8H,3-4H2,1-2H3;1H. The second-order valence-electron chi connectivity index (χ2n) is 1.52. The highest BCUT2D eigenvalue weighted by atomic mass is 35.5. The van der Waals surface area contributed by atoms with Gasteiger partial charge < -0.3 is 4.90 Å². The summed E-state index contributed by atoms with van der Waals surface area (Å²) >= 11 is 3.95. The number of halogens is 1. The summed E-state index contributed by atoms with van der Waals surface area (Å²) in [6.45, 7) is 6.37. The van der Waals surface area contributed by atoms with Crippen molar-refractivity contribution >= 4 is 25.0 Å². The van der Waals surface area contributed by atoms with Gasteiger partial charge in [0.1, 0.15) is 0 Å². The minimum absolute atomic E-state index is 0. The van der Waals surface area contributed by atoms with Crippen LogP contribution in [0.5, 0.6) is 0 Å². The van der Waals surface area contributed by atoms with Gasteiger partial charge >= 0.3 is 0 Å². The van der Waals surface area contributed by atoms with Crippen LogP contribution in [0.1, 0.15) is 13.8 Å². The molecular formula is C6H14ClNS. The van der Waals surface area contributed by atoms with Crippen LogP contribution in [0.2, 0.25) is 0 Å². The van der Waals surface area contributed by atoms with E-state index in [0.717, 1.165) is 13.1 Å². The Morgan fingerprint density at radius 2 is 1.78 bits per heavy atom. The molecule has 0 heterocycles. The maximum atomic E-state index is 3.95. The lowest BCUT2D eigenvalue weighted by Gasteiger charge is -2.13. The van der Waals surface area contributed by atoms with Crippen LogP contribution in [0.15, 0.2) is 11.6 Å². The van der Waals surface area contributed by atoms with Crippen molar-refractivity contribution in [2.75, 3.05) is 13.1 Å². The molecule has 0 unspecified atom stereocenters. The van der Waals surface area contributed by atoms with Crippen LogP contribution in [0.4, 0.5) is 0 Å². The van der Waals surface area contributed by atoms with Crippen molar-refractivity contribution in [2.45, 2.75) is 13.8 Å². The summed E-state index contributed by atoms with van der Waals surface area (Å²) < 4.78 is 0. The molecular weight excluding hydrogens is 154 g/mol. The zero-order chi connectivity index (χ0) is 6.41. The molecule has 9 heavy (non-hydrogen) atoms. The van der Waals surface area contributed by atoms with E-state index < -0.39 is 0 Å². The summed E-state index contributed by atoms with van der Waals surface area (Å²) in [5, 5.41) is 1.76. The monoisotopic (exact) mass is 167 g/mol. The average molecular weight is 168 g/mol. The van der Waals surface area contributed by atoms with E-state index >= 15 is 0 Å². The molecule has 0 aromatic rings. The van der Waals surface area contributed by atoms with E-state index in [4.69, 9.17) is 0 Å². The molecule has 0 amide bonds. The molecule has 0 aromatic carbocycles. The third-order valence-electron chi connectivity index (χ3n) is 1.09. The average Bonchev–Trinajstić information content (AvgIpc) is 1.83. The molecule has 3 heteroatoms. The number of hydrogen-bond acceptors (Lipinski definition) is 2. The van der Waals surface area contributed by atoms with Crippen molar-refractivity contribution in [3.63, 3.8) is 0 Å². The predicted octanol–water partition coefficient (Wildman–Crippen LogP) is 2.15. The Labute approximate surface area is 68.9 Å². The van der Waals surface area contributed by atoms with Gasteiger partial charge in [-0.3, -0.25) is 0 Å².